The number of rotatable bonds is 3. The third-order valence-electron chi connectivity index (χ3n) is 3.53. The first-order valence-corrected chi connectivity index (χ1v) is 6.67. The van der Waals surface area contributed by atoms with Gasteiger partial charge in [-0.2, -0.15) is 0 Å². The van der Waals surface area contributed by atoms with Crippen molar-refractivity contribution in [2.45, 2.75) is 12.6 Å². The summed E-state index contributed by atoms with van der Waals surface area (Å²) in [5, 5.41) is 3.46. The van der Waals surface area contributed by atoms with E-state index in [-0.39, 0.29) is 12.4 Å². The maximum absolute atomic E-state index is 4.23. The van der Waals surface area contributed by atoms with Crippen LogP contribution in [0, 0.1) is 0 Å². The van der Waals surface area contributed by atoms with E-state index in [0.29, 0.717) is 6.04 Å². The molecule has 1 unspecified atom stereocenters. The lowest BCUT2D eigenvalue weighted by molar-refractivity contribution is 0.153. The van der Waals surface area contributed by atoms with Crippen molar-refractivity contribution in [2.75, 3.05) is 19.6 Å². The Morgan fingerprint density at radius 3 is 2.65 bits per heavy atom. The molecule has 0 bridgehead atoms. The van der Waals surface area contributed by atoms with Gasteiger partial charge in [0.05, 0.1) is 0 Å². The Bertz CT molecular complexity index is 506. The van der Waals surface area contributed by atoms with Crippen LogP contribution < -0.4 is 5.32 Å². The molecule has 0 aliphatic carbocycles. The van der Waals surface area contributed by atoms with E-state index in [9.17, 15) is 0 Å². The highest BCUT2D eigenvalue weighted by molar-refractivity contribution is 5.85. The van der Waals surface area contributed by atoms with Crippen molar-refractivity contribution in [3.05, 3.63) is 60.2 Å². The minimum Gasteiger partial charge on any atom is -0.314 e. The normalized spacial score (nSPS) is 19.3. The summed E-state index contributed by atoms with van der Waals surface area (Å²) < 4.78 is 0. The van der Waals surface area contributed by atoms with Crippen molar-refractivity contribution in [1.82, 2.24) is 20.2 Å². The van der Waals surface area contributed by atoms with Crippen LogP contribution in [-0.4, -0.2) is 34.5 Å². The molecule has 5 heteroatoms. The summed E-state index contributed by atoms with van der Waals surface area (Å²) in [7, 11) is 0. The zero-order valence-corrected chi connectivity index (χ0v) is 12.1. The van der Waals surface area contributed by atoms with Gasteiger partial charge >= 0.3 is 0 Å². The molecule has 0 saturated carbocycles. The average Bonchev–Trinajstić information content (AvgIpc) is 2.50. The molecule has 1 aliphatic rings. The summed E-state index contributed by atoms with van der Waals surface area (Å²) in [6.45, 7) is 4.01. The summed E-state index contributed by atoms with van der Waals surface area (Å²) >= 11 is 0. The molecular weight excluding hydrogens is 272 g/mol. The second-order valence-electron chi connectivity index (χ2n) is 4.84. The Hall–Kier alpha value is -1.49. The van der Waals surface area contributed by atoms with Crippen LogP contribution in [0.1, 0.15) is 17.2 Å². The van der Waals surface area contributed by atoms with E-state index in [1.807, 2.05) is 36.9 Å². The summed E-state index contributed by atoms with van der Waals surface area (Å²) in [5.74, 6) is 0. The van der Waals surface area contributed by atoms with Gasteiger partial charge in [-0.15, -0.1) is 12.4 Å². The Kier molecular flexibility index (Phi) is 5.47. The first-order valence-electron chi connectivity index (χ1n) is 6.67. The van der Waals surface area contributed by atoms with Crippen LogP contribution in [0.3, 0.4) is 0 Å². The highest BCUT2D eigenvalue weighted by Gasteiger charge is 2.23. The Labute approximate surface area is 125 Å². The van der Waals surface area contributed by atoms with Gasteiger partial charge in [-0.05, 0) is 23.3 Å². The van der Waals surface area contributed by atoms with Crippen LogP contribution in [0.25, 0.3) is 0 Å². The van der Waals surface area contributed by atoms with E-state index in [2.05, 4.69) is 32.3 Å². The first kappa shape index (κ1) is 14.9. The van der Waals surface area contributed by atoms with Crippen molar-refractivity contribution in [1.29, 1.82) is 0 Å². The van der Waals surface area contributed by atoms with Crippen molar-refractivity contribution in [3.63, 3.8) is 0 Å². The fourth-order valence-corrected chi connectivity index (χ4v) is 2.56. The minimum absolute atomic E-state index is 0. The Morgan fingerprint density at radius 2 is 1.95 bits per heavy atom. The van der Waals surface area contributed by atoms with Gasteiger partial charge in [0.2, 0.25) is 0 Å². The monoisotopic (exact) mass is 290 g/mol. The first-order chi connectivity index (χ1) is 9.43. The van der Waals surface area contributed by atoms with Crippen molar-refractivity contribution in [2.24, 2.45) is 0 Å². The third kappa shape index (κ3) is 3.54. The van der Waals surface area contributed by atoms with Crippen LogP contribution >= 0.6 is 12.4 Å². The standard InChI is InChI=1S/C15H18N4.ClH/c1-3-13(9-16-5-1)12-19-8-7-18-11-15(19)14-4-2-6-17-10-14;/h1-6,9-10,15,18H,7-8,11-12H2;1H. The smallest absolute Gasteiger partial charge is 0.0492 e. The number of pyridine rings is 2. The number of hydrogen-bond donors (Lipinski definition) is 1. The molecule has 0 radical (unpaired) electrons. The molecule has 2 aromatic heterocycles. The molecule has 106 valence electrons. The third-order valence-corrected chi connectivity index (χ3v) is 3.53. The van der Waals surface area contributed by atoms with Crippen molar-refractivity contribution < 1.29 is 0 Å². The summed E-state index contributed by atoms with van der Waals surface area (Å²) in [4.78, 5) is 10.9. The minimum atomic E-state index is 0. The highest BCUT2D eigenvalue weighted by atomic mass is 35.5. The lowest BCUT2D eigenvalue weighted by atomic mass is 10.0. The lowest BCUT2D eigenvalue weighted by Gasteiger charge is -2.36. The topological polar surface area (TPSA) is 41.1 Å². The number of nitrogens with one attached hydrogen (secondary N) is 1. The van der Waals surface area contributed by atoms with Gasteiger partial charge < -0.3 is 5.32 Å². The second kappa shape index (κ2) is 7.33. The number of nitrogens with zero attached hydrogens (tertiary/aromatic N) is 3. The van der Waals surface area contributed by atoms with Gasteiger partial charge in [-0.25, -0.2) is 0 Å². The van der Waals surface area contributed by atoms with Crippen LogP contribution in [0.2, 0.25) is 0 Å². The molecular formula is C15H19ClN4. The Morgan fingerprint density at radius 1 is 1.15 bits per heavy atom. The van der Waals surface area contributed by atoms with Gasteiger partial charge in [-0.1, -0.05) is 12.1 Å². The molecule has 1 fully saturated rings. The quantitative estimate of drug-likeness (QED) is 0.939. The second-order valence-corrected chi connectivity index (χ2v) is 4.84. The summed E-state index contributed by atoms with van der Waals surface area (Å²) in [6.07, 6.45) is 7.56. The number of hydrogen-bond acceptors (Lipinski definition) is 4. The predicted octanol–water partition coefficient (Wildman–Crippen LogP) is 2.04. The number of piperazine rings is 1. The highest BCUT2D eigenvalue weighted by Crippen LogP contribution is 2.23. The SMILES string of the molecule is Cl.c1cncc(CN2CCNCC2c2cccnc2)c1. The van der Waals surface area contributed by atoms with Crippen LogP contribution in [0.5, 0.6) is 0 Å². The van der Waals surface area contributed by atoms with Crippen molar-refractivity contribution in [3.8, 4) is 0 Å². The van der Waals surface area contributed by atoms with Crippen LogP contribution in [0.15, 0.2) is 49.1 Å². The van der Waals surface area contributed by atoms with Crippen molar-refractivity contribution >= 4 is 12.4 Å². The van der Waals surface area contributed by atoms with Gasteiger partial charge in [0.1, 0.15) is 0 Å². The van der Waals surface area contributed by atoms with E-state index in [1.165, 1.54) is 11.1 Å². The predicted molar refractivity (Wildman–Crippen MR) is 81.7 cm³/mol. The van der Waals surface area contributed by atoms with Gasteiger partial charge in [0.15, 0.2) is 0 Å². The van der Waals surface area contributed by atoms with Crippen LogP contribution in [0.4, 0.5) is 0 Å². The largest absolute Gasteiger partial charge is 0.314 e. The molecule has 4 nitrogen and oxygen atoms in total. The molecule has 1 atom stereocenters. The fourth-order valence-electron chi connectivity index (χ4n) is 2.56. The molecule has 0 aromatic carbocycles. The van der Waals surface area contributed by atoms with Crippen LogP contribution in [-0.2, 0) is 6.54 Å². The van der Waals surface area contributed by atoms with E-state index in [4.69, 9.17) is 0 Å². The van der Waals surface area contributed by atoms with E-state index < -0.39 is 0 Å². The zero-order valence-electron chi connectivity index (χ0n) is 11.3. The molecule has 2 aromatic rings. The molecule has 0 amide bonds. The zero-order chi connectivity index (χ0) is 12.9. The Balaban J connectivity index is 0.00000147. The van der Waals surface area contributed by atoms with Gasteiger partial charge in [0, 0.05) is 57.0 Å². The maximum Gasteiger partial charge on any atom is 0.0492 e. The molecule has 20 heavy (non-hydrogen) atoms. The van der Waals surface area contributed by atoms with Gasteiger partial charge in [-0.3, -0.25) is 14.9 Å². The lowest BCUT2D eigenvalue weighted by Crippen LogP contribution is -2.45. The van der Waals surface area contributed by atoms with E-state index >= 15 is 0 Å². The van der Waals surface area contributed by atoms with E-state index in [1.54, 1.807) is 0 Å². The molecule has 1 aliphatic heterocycles. The number of aromatic nitrogens is 2. The molecule has 1 saturated heterocycles. The summed E-state index contributed by atoms with van der Waals surface area (Å²) in [6, 6.07) is 8.68. The maximum atomic E-state index is 4.23. The number of halogens is 1. The molecule has 3 rings (SSSR count). The molecule has 0 spiro atoms. The average molecular weight is 291 g/mol. The van der Waals surface area contributed by atoms with Gasteiger partial charge in [0.25, 0.3) is 0 Å². The summed E-state index contributed by atoms with van der Waals surface area (Å²) in [5.41, 5.74) is 2.54. The molecule has 1 N–H and O–H groups in total. The van der Waals surface area contributed by atoms with E-state index in [0.717, 1.165) is 26.2 Å². The molecule has 3 heterocycles. The fraction of sp³-hybridized carbons (Fsp3) is 0.333.